The van der Waals surface area contributed by atoms with Crippen molar-refractivity contribution in [2.24, 2.45) is 11.7 Å². The molecule has 18 heavy (non-hydrogen) atoms. The van der Waals surface area contributed by atoms with Crippen molar-refractivity contribution >= 4 is 11.9 Å². The molecule has 4 N–H and O–H groups in total. The van der Waals surface area contributed by atoms with Crippen molar-refractivity contribution < 1.29 is 14.7 Å². The third kappa shape index (κ3) is 3.02. The average Bonchev–Trinajstić information content (AvgIpc) is 2.28. The Morgan fingerprint density at radius 3 is 2.61 bits per heavy atom. The summed E-state index contributed by atoms with van der Waals surface area (Å²) >= 11 is 0. The third-order valence-electron chi connectivity index (χ3n) is 4.01. The van der Waals surface area contributed by atoms with Gasteiger partial charge in [0.05, 0.1) is 5.54 Å². The molecule has 3 unspecified atom stereocenters. The van der Waals surface area contributed by atoms with Gasteiger partial charge in [-0.1, -0.05) is 26.7 Å². The topological polar surface area (TPSA) is 92.4 Å². The molecule has 5 nitrogen and oxygen atoms in total. The van der Waals surface area contributed by atoms with E-state index in [-0.39, 0.29) is 5.91 Å². The molecule has 5 heteroatoms. The van der Waals surface area contributed by atoms with Gasteiger partial charge in [0.2, 0.25) is 5.91 Å². The predicted molar refractivity (Wildman–Crippen MR) is 69.0 cm³/mol. The molecule has 0 saturated heterocycles. The number of aliphatic carboxylic acids is 1. The number of carboxylic acids is 1. The normalized spacial score (nSPS) is 31.4. The van der Waals surface area contributed by atoms with Crippen molar-refractivity contribution in [1.82, 2.24) is 5.32 Å². The molecule has 0 aliphatic heterocycles. The van der Waals surface area contributed by atoms with Crippen LogP contribution in [0.15, 0.2) is 0 Å². The SMILES string of the molecule is CCC(C)(N)C(=O)NC1(C(=O)O)CCCC(C)C1. The molecule has 1 aliphatic rings. The van der Waals surface area contributed by atoms with Crippen molar-refractivity contribution in [2.45, 2.75) is 64.0 Å². The Hall–Kier alpha value is -1.10. The van der Waals surface area contributed by atoms with E-state index < -0.39 is 17.0 Å². The van der Waals surface area contributed by atoms with Crippen LogP contribution in [0.4, 0.5) is 0 Å². The monoisotopic (exact) mass is 256 g/mol. The second-order valence-electron chi connectivity index (χ2n) is 5.81. The van der Waals surface area contributed by atoms with Crippen LogP contribution in [0.2, 0.25) is 0 Å². The zero-order chi connectivity index (χ0) is 14.0. The Morgan fingerprint density at radius 2 is 2.17 bits per heavy atom. The van der Waals surface area contributed by atoms with Gasteiger partial charge < -0.3 is 16.2 Å². The van der Waals surface area contributed by atoms with E-state index in [1.165, 1.54) is 0 Å². The van der Waals surface area contributed by atoms with Crippen LogP contribution in [0.3, 0.4) is 0 Å². The summed E-state index contributed by atoms with van der Waals surface area (Å²) in [6.45, 7) is 5.46. The van der Waals surface area contributed by atoms with Gasteiger partial charge in [0, 0.05) is 0 Å². The van der Waals surface area contributed by atoms with E-state index in [1.807, 2.05) is 13.8 Å². The van der Waals surface area contributed by atoms with Crippen LogP contribution >= 0.6 is 0 Å². The van der Waals surface area contributed by atoms with E-state index in [4.69, 9.17) is 5.73 Å². The largest absolute Gasteiger partial charge is 0.480 e. The summed E-state index contributed by atoms with van der Waals surface area (Å²) in [7, 11) is 0. The number of carboxylic acid groups (broad SMARTS) is 1. The van der Waals surface area contributed by atoms with Crippen LogP contribution in [0, 0.1) is 5.92 Å². The van der Waals surface area contributed by atoms with Gasteiger partial charge >= 0.3 is 5.97 Å². The molecule has 1 rings (SSSR count). The number of hydrogen-bond acceptors (Lipinski definition) is 3. The molecule has 0 spiro atoms. The van der Waals surface area contributed by atoms with Gasteiger partial charge in [-0.2, -0.15) is 0 Å². The fourth-order valence-corrected chi connectivity index (χ4v) is 2.43. The number of amides is 1. The second kappa shape index (κ2) is 5.26. The summed E-state index contributed by atoms with van der Waals surface area (Å²) in [5, 5.41) is 12.1. The lowest BCUT2D eigenvalue weighted by Crippen LogP contribution is -2.63. The number of carbonyl (C=O) groups excluding carboxylic acids is 1. The van der Waals surface area contributed by atoms with E-state index in [0.29, 0.717) is 25.2 Å². The highest BCUT2D eigenvalue weighted by molar-refractivity contribution is 5.91. The molecule has 104 valence electrons. The third-order valence-corrected chi connectivity index (χ3v) is 4.01. The van der Waals surface area contributed by atoms with Crippen molar-refractivity contribution in [3.05, 3.63) is 0 Å². The fourth-order valence-electron chi connectivity index (χ4n) is 2.43. The number of hydrogen-bond donors (Lipinski definition) is 3. The molecule has 1 fully saturated rings. The Balaban J connectivity index is 2.87. The minimum absolute atomic E-state index is 0.306. The Morgan fingerprint density at radius 1 is 1.56 bits per heavy atom. The van der Waals surface area contributed by atoms with Crippen LogP contribution in [0.1, 0.15) is 52.9 Å². The fraction of sp³-hybridized carbons (Fsp3) is 0.846. The lowest BCUT2D eigenvalue weighted by atomic mass is 9.76. The molecule has 0 heterocycles. The molecule has 0 aromatic rings. The first-order chi connectivity index (χ1) is 8.23. The van der Waals surface area contributed by atoms with E-state index in [9.17, 15) is 14.7 Å². The summed E-state index contributed by atoms with van der Waals surface area (Å²) in [6.07, 6.45) is 3.27. The van der Waals surface area contributed by atoms with Gasteiger partial charge in [-0.15, -0.1) is 0 Å². The number of nitrogens with one attached hydrogen (secondary N) is 1. The number of nitrogens with two attached hydrogens (primary N) is 1. The first kappa shape index (κ1) is 15.0. The van der Waals surface area contributed by atoms with Crippen molar-refractivity contribution in [2.75, 3.05) is 0 Å². The first-order valence-electron chi connectivity index (χ1n) is 6.58. The molecule has 1 aliphatic carbocycles. The lowest BCUT2D eigenvalue weighted by molar-refractivity contribution is -0.150. The Bertz CT molecular complexity index is 341. The van der Waals surface area contributed by atoms with E-state index in [0.717, 1.165) is 12.8 Å². The molecule has 0 radical (unpaired) electrons. The Labute approximate surface area is 108 Å². The van der Waals surface area contributed by atoms with Gasteiger partial charge in [-0.05, 0) is 32.1 Å². The van der Waals surface area contributed by atoms with Gasteiger partial charge in [-0.3, -0.25) is 4.79 Å². The summed E-state index contributed by atoms with van der Waals surface area (Å²) in [5.41, 5.74) is 3.72. The summed E-state index contributed by atoms with van der Waals surface area (Å²) in [6, 6.07) is 0. The maximum atomic E-state index is 12.1. The van der Waals surface area contributed by atoms with Gasteiger partial charge in [0.15, 0.2) is 0 Å². The highest BCUT2D eigenvalue weighted by Gasteiger charge is 2.45. The summed E-state index contributed by atoms with van der Waals surface area (Å²) in [4.78, 5) is 23.6. The second-order valence-corrected chi connectivity index (χ2v) is 5.81. The highest BCUT2D eigenvalue weighted by Crippen LogP contribution is 2.33. The van der Waals surface area contributed by atoms with Crippen molar-refractivity contribution in [3.63, 3.8) is 0 Å². The minimum Gasteiger partial charge on any atom is -0.480 e. The number of rotatable bonds is 4. The molecule has 1 amide bonds. The minimum atomic E-state index is -1.13. The zero-order valence-electron chi connectivity index (χ0n) is 11.5. The predicted octanol–water partition coefficient (Wildman–Crippen LogP) is 1.26. The van der Waals surface area contributed by atoms with E-state index >= 15 is 0 Å². The summed E-state index contributed by atoms with van der Waals surface area (Å²) < 4.78 is 0. The molecule has 3 atom stereocenters. The van der Waals surface area contributed by atoms with Crippen LogP contribution in [0.5, 0.6) is 0 Å². The molecule has 0 aromatic carbocycles. The smallest absolute Gasteiger partial charge is 0.329 e. The van der Waals surface area contributed by atoms with E-state index in [2.05, 4.69) is 5.32 Å². The maximum Gasteiger partial charge on any atom is 0.329 e. The van der Waals surface area contributed by atoms with Gasteiger partial charge in [0.25, 0.3) is 0 Å². The van der Waals surface area contributed by atoms with Crippen LogP contribution < -0.4 is 11.1 Å². The van der Waals surface area contributed by atoms with Gasteiger partial charge in [0.1, 0.15) is 5.54 Å². The molecular weight excluding hydrogens is 232 g/mol. The standard InChI is InChI=1S/C13H24N2O3/c1-4-12(3,14)10(16)15-13(11(17)18)7-5-6-9(2)8-13/h9H,4-8,14H2,1-3H3,(H,15,16)(H,17,18). The quantitative estimate of drug-likeness (QED) is 0.706. The lowest BCUT2D eigenvalue weighted by Gasteiger charge is -2.39. The highest BCUT2D eigenvalue weighted by atomic mass is 16.4. The van der Waals surface area contributed by atoms with Gasteiger partial charge in [-0.25, -0.2) is 4.79 Å². The van der Waals surface area contributed by atoms with Crippen molar-refractivity contribution in [3.8, 4) is 0 Å². The molecule has 0 aromatic heterocycles. The summed E-state index contributed by atoms with van der Waals surface area (Å²) in [5.74, 6) is -1.02. The van der Waals surface area contributed by atoms with Crippen LogP contribution in [0.25, 0.3) is 0 Å². The van der Waals surface area contributed by atoms with E-state index in [1.54, 1.807) is 6.92 Å². The zero-order valence-corrected chi connectivity index (χ0v) is 11.5. The van der Waals surface area contributed by atoms with Crippen molar-refractivity contribution in [1.29, 1.82) is 0 Å². The molecular formula is C13H24N2O3. The van der Waals surface area contributed by atoms with Crippen LogP contribution in [-0.4, -0.2) is 28.1 Å². The molecule has 1 saturated carbocycles. The maximum absolute atomic E-state index is 12.1. The van der Waals surface area contributed by atoms with Crippen LogP contribution in [-0.2, 0) is 9.59 Å². The average molecular weight is 256 g/mol. The molecule has 0 bridgehead atoms. The first-order valence-corrected chi connectivity index (χ1v) is 6.58. The Kier molecular flexibility index (Phi) is 4.37. The number of carbonyl (C=O) groups is 2.